The minimum Gasteiger partial charge on any atom is -0.446 e. The summed E-state index contributed by atoms with van der Waals surface area (Å²) < 4.78 is 19.5. The van der Waals surface area contributed by atoms with Crippen LogP contribution >= 0.6 is 0 Å². The maximum Gasteiger partial charge on any atom is 0.419 e. The van der Waals surface area contributed by atoms with Crippen molar-refractivity contribution in [1.29, 1.82) is 0 Å². The third-order valence-corrected chi connectivity index (χ3v) is 2.52. The Morgan fingerprint density at radius 3 is 2.78 bits per heavy atom. The molecule has 0 saturated carbocycles. The predicted molar refractivity (Wildman–Crippen MR) is 64.8 cm³/mol. The Hall–Kier alpha value is -1.88. The fraction of sp³-hybridized carbons (Fsp3) is 0.308. The highest BCUT2D eigenvalue weighted by atomic mass is 19.1. The summed E-state index contributed by atoms with van der Waals surface area (Å²) in [7, 11) is 0. The number of benzene rings is 1. The number of nitrogens with zero attached hydrogens (tertiary/aromatic N) is 1. The highest BCUT2D eigenvalue weighted by molar-refractivity contribution is 5.90. The Balaban J connectivity index is 2.58. The molecule has 0 unspecified atom stereocenters. The molecule has 18 heavy (non-hydrogen) atoms. The Morgan fingerprint density at radius 1 is 1.44 bits per heavy atom. The van der Waals surface area contributed by atoms with Crippen LogP contribution in [-0.4, -0.2) is 21.9 Å². The smallest absolute Gasteiger partial charge is 0.419 e. The number of fused-ring (bicyclic) bond motifs is 1. The van der Waals surface area contributed by atoms with Crippen molar-refractivity contribution in [3.05, 3.63) is 35.8 Å². The second kappa shape index (κ2) is 4.78. The van der Waals surface area contributed by atoms with Crippen LogP contribution in [0.25, 0.3) is 10.9 Å². The Morgan fingerprint density at radius 2 is 2.17 bits per heavy atom. The molecule has 1 aromatic carbocycles. The quantitative estimate of drug-likeness (QED) is 0.892. The van der Waals surface area contributed by atoms with Crippen LogP contribution in [0.3, 0.4) is 0 Å². The van der Waals surface area contributed by atoms with Gasteiger partial charge in [-0.15, -0.1) is 0 Å². The molecule has 0 radical (unpaired) electrons. The predicted octanol–water partition coefficient (Wildman–Crippen LogP) is 2.67. The molecule has 0 fully saturated rings. The molecule has 5 heteroatoms. The molecule has 0 atom stereocenters. The van der Waals surface area contributed by atoms with Gasteiger partial charge >= 0.3 is 6.09 Å². The second-order valence-corrected chi connectivity index (χ2v) is 4.26. The molecule has 0 bridgehead atoms. The molecule has 96 valence electrons. The molecule has 4 nitrogen and oxygen atoms in total. The van der Waals surface area contributed by atoms with E-state index in [1.807, 2.05) is 0 Å². The summed E-state index contributed by atoms with van der Waals surface area (Å²) in [6.07, 6.45) is -0.898. The fourth-order valence-electron chi connectivity index (χ4n) is 1.82. The van der Waals surface area contributed by atoms with Gasteiger partial charge in [0.25, 0.3) is 0 Å². The number of aliphatic hydroxyl groups excluding tert-OH is 1. The van der Waals surface area contributed by atoms with Crippen molar-refractivity contribution in [3.8, 4) is 0 Å². The summed E-state index contributed by atoms with van der Waals surface area (Å²) in [4.78, 5) is 11.9. The lowest BCUT2D eigenvalue weighted by Crippen LogP contribution is -2.19. The van der Waals surface area contributed by atoms with Gasteiger partial charge in [-0.05, 0) is 38.1 Å². The number of rotatable bonds is 2. The summed E-state index contributed by atoms with van der Waals surface area (Å²) in [6.45, 7) is 3.13. The normalized spacial score (nSPS) is 11.2. The van der Waals surface area contributed by atoms with Crippen molar-refractivity contribution in [2.75, 3.05) is 0 Å². The van der Waals surface area contributed by atoms with Gasteiger partial charge in [-0.2, -0.15) is 0 Å². The molecule has 0 amide bonds. The molecule has 0 aliphatic rings. The number of aliphatic hydroxyl groups is 1. The van der Waals surface area contributed by atoms with E-state index in [0.717, 1.165) is 0 Å². The van der Waals surface area contributed by atoms with Crippen LogP contribution in [0.1, 0.15) is 19.5 Å². The summed E-state index contributed by atoms with van der Waals surface area (Å²) in [5, 5.41) is 9.93. The lowest BCUT2D eigenvalue weighted by Gasteiger charge is -2.11. The topological polar surface area (TPSA) is 51.5 Å². The summed E-state index contributed by atoms with van der Waals surface area (Å²) in [5.41, 5.74) is 0.769. The van der Waals surface area contributed by atoms with Crippen molar-refractivity contribution < 1.29 is 19.0 Å². The first-order valence-corrected chi connectivity index (χ1v) is 5.64. The highest BCUT2D eigenvalue weighted by Gasteiger charge is 2.17. The van der Waals surface area contributed by atoms with E-state index in [4.69, 9.17) is 4.74 Å². The molecule has 1 aromatic heterocycles. The van der Waals surface area contributed by atoms with E-state index in [1.165, 1.54) is 16.7 Å². The SMILES string of the molecule is CC(C)OC(=O)n1c(CO)cc2ccc(F)cc21. The number of ether oxygens (including phenoxy) is 1. The minimum atomic E-state index is -0.616. The van der Waals surface area contributed by atoms with Crippen LogP contribution in [0.15, 0.2) is 24.3 Å². The van der Waals surface area contributed by atoms with Crippen molar-refractivity contribution in [3.63, 3.8) is 0 Å². The van der Waals surface area contributed by atoms with Gasteiger partial charge in [-0.25, -0.2) is 13.8 Å². The third kappa shape index (κ3) is 2.22. The number of carbonyl (C=O) groups excluding carboxylic acids is 1. The fourth-order valence-corrected chi connectivity index (χ4v) is 1.82. The summed E-state index contributed by atoms with van der Waals surface area (Å²) in [6, 6.07) is 5.75. The van der Waals surface area contributed by atoms with Crippen LogP contribution in [0.2, 0.25) is 0 Å². The average molecular weight is 251 g/mol. The molecule has 0 aliphatic heterocycles. The minimum absolute atomic E-state index is 0.282. The number of halogens is 1. The molecule has 1 heterocycles. The van der Waals surface area contributed by atoms with E-state index in [9.17, 15) is 14.3 Å². The Kier molecular flexibility index (Phi) is 3.34. The van der Waals surface area contributed by atoms with Gasteiger partial charge in [0.05, 0.1) is 23.9 Å². The molecule has 2 rings (SSSR count). The first-order valence-electron chi connectivity index (χ1n) is 5.64. The van der Waals surface area contributed by atoms with Crippen molar-refractivity contribution in [2.45, 2.75) is 26.6 Å². The zero-order valence-corrected chi connectivity index (χ0v) is 10.2. The molecular formula is C13H14FNO3. The van der Waals surface area contributed by atoms with Crippen molar-refractivity contribution >= 4 is 17.0 Å². The highest BCUT2D eigenvalue weighted by Crippen LogP contribution is 2.21. The number of hydrogen-bond acceptors (Lipinski definition) is 3. The first kappa shape index (κ1) is 12.6. The molecule has 0 aliphatic carbocycles. The van der Waals surface area contributed by atoms with Crippen LogP contribution in [-0.2, 0) is 11.3 Å². The molecular weight excluding hydrogens is 237 g/mol. The van der Waals surface area contributed by atoms with Gasteiger partial charge in [0.15, 0.2) is 0 Å². The zero-order chi connectivity index (χ0) is 13.3. The largest absolute Gasteiger partial charge is 0.446 e. The zero-order valence-electron chi connectivity index (χ0n) is 10.2. The molecule has 0 spiro atoms. The van der Waals surface area contributed by atoms with Crippen molar-refractivity contribution in [2.24, 2.45) is 0 Å². The van der Waals surface area contributed by atoms with Gasteiger partial charge in [0.1, 0.15) is 5.82 Å². The molecule has 1 N–H and O–H groups in total. The maximum atomic E-state index is 13.2. The van der Waals surface area contributed by atoms with E-state index in [1.54, 1.807) is 26.0 Å². The van der Waals surface area contributed by atoms with E-state index in [-0.39, 0.29) is 12.7 Å². The third-order valence-electron chi connectivity index (χ3n) is 2.52. The Bertz CT molecular complexity index is 589. The first-order chi connectivity index (χ1) is 8.52. The van der Waals surface area contributed by atoms with E-state index in [0.29, 0.717) is 16.6 Å². The maximum absolute atomic E-state index is 13.2. The van der Waals surface area contributed by atoms with E-state index >= 15 is 0 Å². The van der Waals surface area contributed by atoms with Crippen LogP contribution < -0.4 is 0 Å². The van der Waals surface area contributed by atoms with Crippen LogP contribution in [0, 0.1) is 5.82 Å². The summed E-state index contributed by atoms with van der Waals surface area (Å²) >= 11 is 0. The standard InChI is InChI=1S/C13H14FNO3/c1-8(2)18-13(17)15-11(7-16)5-9-3-4-10(14)6-12(9)15/h3-6,8,16H,7H2,1-2H3. The lowest BCUT2D eigenvalue weighted by atomic mass is 10.2. The number of aromatic nitrogens is 1. The lowest BCUT2D eigenvalue weighted by molar-refractivity contribution is 0.116. The van der Waals surface area contributed by atoms with Gasteiger partial charge in [-0.1, -0.05) is 0 Å². The van der Waals surface area contributed by atoms with Gasteiger partial charge in [0, 0.05) is 5.39 Å². The Labute approximate surface area is 104 Å². The van der Waals surface area contributed by atoms with Gasteiger partial charge in [-0.3, -0.25) is 0 Å². The van der Waals surface area contributed by atoms with E-state index in [2.05, 4.69) is 0 Å². The second-order valence-electron chi connectivity index (χ2n) is 4.26. The van der Waals surface area contributed by atoms with E-state index < -0.39 is 11.9 Å². The van der Waals surface area contributed by atoms with Crippen LogP contribution in [0.4, 0.5) is 9.18 Å². The van der Waals surface area contributed by atoms with Crippen molar-refractivity contribution in [1.82, 2.24) is 4.57 Å². The number of carbonyl (C=O) groups is 1. The van der Waals surface area contributed by atoms with Gasteiger partial charge in [0.2, 0.25) is 0 Å². The van der Waals surface area contributed by atoms with Crippen LogP contribution in [0.5, 0.6) is 0 Å². The molecule has 0 saturated heterocycles. The summed E-state index contributed by atoms with van der Waals surface area (Å²) in [5.74, 6) is -0.441. The average Bonchev–Trinajstić information content (AvgIpc) is 2.65. The monoisotopic (exact) mass is 251 g/mol. The van der Waals surface area contributed by atoms with Gasteiger partial charge < -0.3 is 9.84 Å². The molecule has 2 aromatic rings. The number of hydrogen-bond donors (Lipinski definition) is 1.